The van der Waals surface area contributed by atoms with Gasteiger partial charge in [0.15, 0.2) is 0 Å². The molecule has 2 fully saturated rings. The molecule has 0 atom stereocenters. The van der Waals surface area contributed by atoms with Crippen LogP contribution in [-0.2, 0) is 0 Å². The number of hydrogen-bond acceptors (Lipinski definition) is 1. The molecule has 0 aromatic heterocycles. The van der Waals surface area contributed by atoms with Crippen molar-refractivity contribution < 1.29 is 13.2 Å². The van der Waals surface area contributed by atoms with Crippen molar-refractivity contribution in [3.63, 3.8) is 0 Å². The molecule has 0 bridgehead atoms. The number of halogens is 3. The van der Waals surface area contributed by atoms with Gasteiger partial charge in [-0.3, -0.25) is 0 Å². The molecule has 2 aliphatic rings. The summed E-state index contributed by atoms with van der Waals surface area (Å²) in [4.78, 5) is 0. The van der Waals surface area contributed by atoms with E-state index < -0.39 is 12.1 Å². The van der Waals surface area contributed by atoms with Gasteiger partial charge in [-0.2, -0.15) is 13.2 Å². The molecule has 0 amide bonds. The molecular formula is C9H14F3N. The number of rotatable bonds is 0. The SMILES string of the molecule is FC(F)(F)C1CC2(CCNCC2)C1. The van der Waals surface area contributed by atoms with Crippen molar-refractivity contribution in [2.24, 2.45) is 11.3 Å². The zero-order valence-corrected chi connectivity index (χ0v) is 7.45. The van der Waals surface area contributed by atoms with E-state index in [0.717, 1.165) is 25.9 Å². The molecule has 4 heteroatoms. The van der Waals surface area contributed by atoms with Crippen LogP contribution in [0.3, 0.4) is 0 Å². The quantitative estimate of drug-likeness (QED) is 0.622. The lowest BCUT2D eigenvalue weighted by Crippen LogP contribution is -2.49. The summed E-state index contributed by atoms with van der Waals surface area (Å²) in [6.45, 7) is 1.79. The van der Waals surface area contributed by atoms with E-state index in [0.29, 0.717) is 12.8 Å². The van der Waals surface area contributed by atoms with Crippen molar-refractivity contribution in [3.05, 3.63) is 0 Å². The summed E-state index contributed by atoms with van der Waals surface area (Å²) >= 11 is 0. The molecule has 1 aliphatic carbocycles. The molecule has 1 aliphatic heterocycles. The highest BCUT2D eigenvalue weighted by Crippen LogP contribution is 2.56. The first-order valence-corrected chi connectivity index (χ1v) is 4.79. The van der Waals surface area contributed by atoms with Gasteiger partial charge in [-0.15, -0.1) is 0 Å². The fraction of sp³-hybridized carbons (Fsp3) is 1.00. The van der Waals surface area contributed by atoms with Gasteiger partial charge in [-0.05, 0) is 44.2 Å². The summed E-state index contributed by atoms with van der Waals surface area (Å²) in [6, 6.07) is 0. The van der Waals surface area contributed by atoms with Gasteiger partial charge in [0.25, 0.3) is 0 Å². The second kappa shape index (κ2) is 2.87. The number of piperidine rings is 1. The molecule has 0 radical (unpaired) electrons. The minimum atomic E-state index is -3.95. The Morgan fingerprint density at radius 1 is 1.08 bits per heavy atom. The summed E-state index contributed by atoms with van der Waals surface area (Å²) in [7, 11) is 0. The summed E-state index contributed by atoms with van der Waals surface area (Å²) in [6.07, 6.45) is -1.34. The van der Waals surface area contributed by atoms with Crippen LogP contribution in [0.5, 0.6) is 0 Å². The standard InChI is InChI=1S/C9H14F3N/c10-9(11,12)7-5-8(6-7)1-3-13-4-2-8/h7,13H,1-6H2. The van der Waals surface area contributed by atoms with Gasteiger partial charge >= 0.3 is 6.18 Å². The maximum Gasteiger partial charge on any atom is 0.391 e. The third-order valence-corrected chi connectivity index (χ3v) is 3.49. The van der Waals surface area contributed by atoms with E-state index in [4.69, 9.17) is 0 Å². The number of alkyl halides is 3. The summed E-state index contributed by atoms with van der Waals surface area (Å²) in [5.74, 6) is -1.01. The molecule has 0 aromatic carbocycles. The Morgan fingerprint density at radius 2 is 1.62 bits per heavy atom. The molecule has 1 N–H and O–H groups in total. The second-order valence-corrected chi connectivity index (χ2v) is 4.40. The van der Waals surface area contributed by atoms with Gasteiger partial charge in [-0.1, -0.05) is 0 Å². The molecule has 76 valence electrons. The van der Waals surface area contributed by atoms with Crippen LogP contribution in [0.15, 0.2) is 0 Å². The van der Waals surface area contributed by atoms with Crippen LogP contribution in [-0.4, -0.2) is 19.3 Å². The number of hydrogen-bond donors (Lipinski definition) is 1. The largest absolute Gasteiger partial charge is 0.391 e. The Balaban J connectivity index is 1.88. The first-order valence-electron chi connectivity index (χ1n) is 4.79. The Labute approximate surface area is 75.7 Å². The normalized spacial score (nSPS) is 28.8. The van der Waals surface area contributed by atoms with Crippen LogP contribution in [0.4, 0.5) is 13.2 Å². The highest BCUT2D eigenvalue weighted by atomic mass is 19.4. The average Bonchev–Trinajstić information content (AvgIpc) is 2.00. The van der Waals surface area contributed by atoms with Crippen LogP contribution < -0.4 is 5.32 Å². The van der Waals surface area contributed by atoms with Gasteiger partial charge in [0.1, 0.15) is 0 Å². The molecule has 1 saturated heterocycles. The zero-order valence-electron chi connectivity index (χ0n) is 7.45. The van der Waals surface area contributed by atoms with Crippen molar-refractivity contribution in [2.45, 2.75) is 31.9 Å². The molecular weight excluding hydrogens is 179 g/mol. The van der Waals surface area contributed by atoms with E-state index in [9.17, 15) is 13.2 Å². The van der Waals surface area contributed by atoms with E-state index in [2.05, 4.69) is 5.32 Å². The first kappa shape index (κ1) is 9.31. The lowest BCUT2D eigenvalue weighted by Gasteiger charge is -2.50. The molecule has 1 nitrogen and oxygen atoms in total. The molecule has 13 heavy (non-hydrogen) atoms. The van der Waals surface area contributed by atoms with Crippen molar-refractivity contribution >= 4 is 0 Å². The summed E-state index contributed by atoms with van der Waals surface area (Å²) in [5.41, 5.74) is 0.0471. The Morgan fingerprint density at radius 3 is 2.08 bits per heavy atom. The van der Waals surface area contributed by atoms with E-state index in [1.165, 1.54) is 0 Å². The highest BCUT2D eigenvalue weighted by molar-refractivity contribution is 4.98. The van der Waals surface area contributed by atoms with Gasteiger partial charge in [0.05, 0.1) is 5.92 Å². The van der Waals surface area contributed by atoms with E-state index in [1.54, 1.807) is 0 Å². The van der Waals surface area contributed by atoms with Crippen LogP contribution in [0, 0.1) is 11.3 Å². The van der Waals surface area contributed by atoms with Crippen LogP contribution in [0.1, 0.15) is 25.7 Å². The zero-order chi connectivity index (χ0) is 9.53. The van der Waals surface area contributed by atoms with E-state index in [-0.39, 0.29) is 5.41 Å². The van der Waals surface area contributed by atoms with Gasteiger partial charge in [0.2, 0.25) is 0 Å². The maximum atomic E-state index is 12.2. The Bertz CT molecular complexity index is 186. The van der Waals surface area contributed by atoms with Gasteiger partial charge < -0.3 is 5.32 Å². The fourth-order valence-corrected chi connectivity index (χ4v) is 2.58. The Kier molecular flexibility index (Phi) is 2.06. The van der Waals surface area contributed by atoms with Crippen LogP contribution in [0.2, 0.25) is 0 Å². The van der Waals surface area contributed by atoms with Crippen LogP contribution in [0.25, 0.3) is 0 Å². The van der Waals surface area contributed by atoms with Crippen molar-refractivity contribution in [3.8, 4) is 0 Å². The molecule has 0 unspecified atom stereocenters. The summed E-state index contributed by atoms with van der Waals surface area (Å²) < 4.78 is 36.7. The molecule has 1 spiro atoms. The minimum absolute atomic E-state index is 0.0471. The van der Waals surface area contributed by atoms with Crippen molar-refractivity contribution in [2.75, 3.05) is 13.1 Å². The second-order valence-electron chi connectivity index (χ2n) is 4.40. The van der Waals surface area contributed by atoms with Gasteiger partial charge in [-0.25, -0.2) is 0 Å². The summed E-state index contributed by atoms with van der Waals surface area (Å²) in [5, 5.41) is 3.18. The molecule has 2 rings (SSSR count). The minimum Gasteiger partial charge on any atom is -0.317 e. The monoisotopic (exact) mass is 193 g/mol. The lowest BCUT2D eigenvalue weighted by molar-refractivity contribution is -0.225. The third kappa shape index (κ3) is 1.68. The van der Waals surface area contributed by atoms with Crippen molar-refractivity contribution in [1.82, 2.24) is 5.32 Å². The topological polar surface area (TPSA) is 12.0 Å². The van der Waals surface area contributed by atoms with Crippen LogP contribution >= 0.6 is 0 Å². The van der Waals surface area contributed by atoms with E-state index in [1.807, 2.05) is 0 Å². The third-order valence-electron chi connectivity index (χ3n) is 3.49. The van der Waals surface area contributed by atoms with Gasteiger partial charge in [0, 0.05) is 0 Å². The molecule has 0 aromatic rings. The fourth-order valence-electron chi connectivity index (χ4n) is 2.58. The Hall–Kier alpha value is -0.250. The highest BCUT2D eigenvalue weighted by Gasteiger charge is 2.55. The lowest BCUT2D eigenvalue weighted by atomic mass is 9.57. The molecule has 1 heterocycles. The smallest absolute Gasteiger partial charge is 0.317 e. The van der Waals surface area contributed by atoms with E-state index >= 15 is 0 Å². The average molecular weight is 193 g/mol. The van der Waals surface area contributed by atoms with Crippen molar-refractivity contribution in [1.29, 1.82) is 0 Å². The number of nitrogens with one attached hydrogen (secondary N) is 1. The predicted octanol–water partition coefficient (Wildman–Crippen LogP) is 2.33. The first-order chi connectivity index (χ1) is 6.02. The maximum absolute atomic E-state index is 12.2. The predicted molar refractivity (Wildman–Crippen MR) is 43.3 cm³/mol. The molecule has 1 saturated carbocycles.